The molecule has 0 atom stereocenters. The molecule has 116 valence electrons. The molecule has 0 unspecified atom stereocenters. The fraction of sp³-hybridized carbons (Fsp3) is 0.467. The molecular formula is C15H20N6O. The molecule has 0 bridgehead atoms. The van der Waals surface area contributed by atoms with Crippen LogP contribution in [0.25, 0.3) is 0 Å². The predicted molar refractivity (Wildman–Crippen MR) is 83.9 cm³/mol. The molecule has 3 rings (SSSR count). The maximum absolute atomic E-state index is 11.6. The zero-order chi connectivity index (χ0) is 15.4. The normalized spacial score (nSPS) is 16.0. The topological polar surface area (TPSA) is 67.2 Å². The minimum Gasteiger partial charge on any atom is -0.354 e. The van der Waals surface area contributed by atoms with Crippen LogP contribution in [-0.4, -0.2) is 57.4 Å². The molecule has 0 saturated carbocycles. The summed E-state index contributed by atoms with van der Waals surface area (Å²) in [4.78, 5) is 24.7. The first-order valence-corrected chi connectivity index (χ1v) is 7.50. The third-order valence-electron chi connectivity index (χ3n) is 3.90. The van der Waals surface area contributed by atoms with Crippen LogP contribution in [0.4, 0.5) is 5.82 Å². The number of aryl methyl sites for hydroxylation is 1. The molecule has 0 N–H and O–H groups in total. The van der Waals surface area contributed by atoms with Crippen LogP contribution >= 0.6 is 0 Å². The molecule has 0 amide bonds. The minimum absolute atomic E-state index is 0.0439. The Hall–Kier alpha value is -2.28. The summed E-state index contributed by atoms with van der Waals surface area (Å²) in [7, 11) is 0. The van der Waals surface area contributed by atoms with Crippen LogP contribution in [0.3, 0.4) is 0 Å². The van der Waals surface area contributed by atoms with Crippen LogP contribution in [0.1, 0.15) is 5.69 Å². The van der Waals surface area contributed by atoms with Crippen molar-refractivity contribution in [1.29, 1.82) is 0 Å². The van der Waals surface area contributed by atoms with Crippen LogP contribution in [-0.2, 0) is 6.54 Å². The van der Waals surface area contributed by atoms with Gasteiger partial charge >= 0.3 is 0 Å². The summed E-state index contributed by atoms with van der Waals surface area (Å²) in [6.07, 6.45) is 3.27. The van der Waals surface area contributed by atoms with Crippen molar-refractivity contribution in [2.24, 2.45) is 0 Å². The summed E-state index contributed by atoms with van der Waals surface area (Å²) in [6, 6.07) is 5.23. The number of anilines is 1. The molecule has 2 aromatic rings. The highest BCUT2D eigenvalue weighted by Gasteiger charge is 2.18. The van der Waals surface area contributed by atoms with Gasteiger partial charge in [-0.15, -0.1) is 0 Å². The Balaban J connectivity index is 1.52. The lowest BCUT2D eigenvalue weighted by atomic mass is 10.3. The third kappa shape index (κ3) is 3.48. The van der Waals surface area contributed by atoms with E-state index in [-0.39, 0.29) is 5.56 Å². The molecule has 1 fully saturated rings. The van der Waals surface area contributed by atoms with Crippen LogP contribution in [0.2, 0.25) is 0 Å². The average molecular weight is 300 g/mol. The van der Waals surface area contributed by atoms with Crippen molar-refractivity contribution < 1.29 is 0 Å². The lowest BCUT2D eigenvalue weighted by molar-refractivity contribution is 0.242. The lowest BCUT2D eigenvalue weighted by Crippen LogP contribution is -2.48. The third-order valence-corrected chi connectivity index (χ3v) is 3.90. The van der Waals surface area contributed by atoms with Crippen molar-refractivity contribution in [1.82, 2.24) is 24.6 Å². The van der Waals surface area contributed by atoms with E-state index < -0.39 is 0 Å². The fourth-order valence-corrected chi connectivity index (χ4v) is 2.61. The molecule has 0 radical (unpaired) electrons. The van der Waals surface area contributed by atoms with E-state index in [1.165, 1.54) is 4.68 Å². The van der Waals surface area contributed by atoms with Gasteiger partial charge in [0.1, 0.15) is 12.1 Å². The summed E-state index contributed by atoms with van der Waals surface area (Å²) in [5.74, 6) is 0.994. The van der Waals surface area contributed by atoms with Gasteiger partial charge in [-0.25, -0.2) is 14.6 Å². The Morgan fingerprint density at radius 3 is 2.68 bits per heavy atom. The Labute approximate surface area is 129 Å². The van der Waals surface area contributed by atoms with Crippen LogP contribution in [0, 0.1) is 6.92 Å². The summed E-state index contributed by atoms with van der Waals surface area (Å²) in [5.41, 5.74) is 0.944. The van der Waals surface area contributed by atoms with E-state index in [1.54, 1.807) is 24.7 Å². The molecule has 0 spiro atoms. The first kappa shape index (κ1) is 14.6. The van der Waals surface area contributed by atoms with Crippen LogP contribution < -0.4 is 10.5 Å². The average Bonchev–Trinajstić information content (AvgIpc) is 2.55. The van der Waals surface area contributed by atoms with Crippen molar-refractivity contribution in [3.63, 3.8) is 0 Å². The molecule has 2 aromatic heterocycles. The van der Waals surface area contributed by atoms with E-state index in [4.69, 9.17) is 0 Å². The number of hydrogen-bond donors (Lipinski definition) is 0. The number of aromatic nitrogens is 4. The van der Waals surface area contributed by atoms with Gasteiger partial charge in [-0.1, -0.05) is 0 Å². The molecule has 1 aliphatic rings. The van der Waals surface area contributed by atoms with E-state index in [9.17, 15) is 4.79 Å². The van der Waals surface area contributed by atoms with Crippen LogP contribution in [0.15, 0.2) is 35.5 Å². The Kier molecular flexibility index (Phi) is 4.43. The molecule has 7 nitrogen and oxygen atoms in total. The van der Waals surface area contributed by atoms with Crippen LogP contribution in [0.5, 0.6) is 0 Å². The van der Waals surface area contributed by atoms with Gasteiger partial charge in [0.2, 0.25) is 0 Å². The lowest BCUT2D eigenvalue weighted by Gasteiger charge is -2.35. The highest BCUT2D eigenvalue weighted by molar-refractivity contribution is 5.39. The molecule has 3 heterocycles. The van der Waals surface area contributed by atoms with Crippen molar-refractivity contribution in [3.8, 4) is 0 Å². The second-order valence-corrected chi connectivity index (χ2v) is 5.43. The van der Waals surface area contributed by atoms with Gasteiger partial charge in [0.05, 0.1) is 6.54 Å². The van der Waals surface area contributed by atoms with E-state index in [1.807, 2.05) is 13.0 Å². The van der Waals surface area contributed by atoms with E-state index in [0.717, 1.165) is 44.2 Å². The number of rotatable bonds is 4. The summed E-state index contributed by atoms with van der Waals surface area (Å²) < 4.78 is 1.51. The van der Waals surface area contributed by atoms with Crippen molar-refractivity contribution >= 4 is 5.82 Å². The summed E-state index contributed by atoms with van der Waals surface area (Å²) >= 11 is 0. The first-order valence-electron chi connectivity index (χ1n) is 7.50. The molecule has 0 aliphatic carbocycles. The molecular weight excluding hydrogens is 280 g/mol. The van der Waals surface area contributed by atoms with Crippen molar-refractivity contribution in [2.45, 2.75) is 13.5 Å². The molecule has 1 aliphatic heterocycles. The van der Waals surface area contributed by atoms with Gasteiger partial charge in [0.25, 0.3) is 5.56 Å². The van der Waals surface area contributed by atoms with Gasteiger partial charge < -0.3 is 4.90 Å². The molecule has 7 heteroatoms. The number of piperazine rings is 1. The number of hydrogen-bond acceptors (Lipinski definition) is 6. The maximum Gasteiger partial charge on any atom is 0.266 e. The van der Waals surface area contributed by atoms with Gasteiger partial charge in [-0.3, -0.25) is 9.69 Å². The van der Waals surface area contributed by atoms with Gasteiger partial charge in [-0.2, -0.15) is 5.10 Å². The Morgan fingerprint density at radius 2 is 1.95 bits per heavy atom. The SMILES string of the molecule is Cc1cc(N2CCN(CCn3ncccc3=O)CC2)ncn1. The standard InChI is InChI=1S/C15H20N6O/c1-13-11-14(17-12-16-13)20-8-5-19(6-9-20)7-10-21-15(22)3-2-4-18-21/h2-4,11-12H,5-10H2,1H3. The largest absolute Gasteiger partial charge is 0.354 e. The highest BCUT2D eigenvalue weighted by Crippen LogP contribution is 2.13. The quantitative estimate of drug-likeness (QED) is 0.801. The smallest absolute Gasteiger partial charge is 0.266 e. The molecule has 0 aromatic carbocycles. The van der Waals surface area contributed by atoms with E-state index in [2.05, 4.69) is 24.9 Å². The monoisotopic (exact) mass is 300 g/mol. The highest BCUT2D eigenvalue weighted by atomic mass is 16.1. The van der Waals surface area contributed by atoms with Crippen molar-refractivity contribution in [2.75, 3.05) is 37.6 Å². The Morgan fingerprint density at radius 1 is 1.14 bits per heavy atom. The zero-order valence-corrected chi connectivity index (χ0v) is 12.7. The zero-order valence-electron chi connectivity index (χ0n) is 12.7. The summed E-state index contributed by atoms with van der Waals surface area (Å²) in [6.45, 7) is 7.25. The second kappa shape index (κ2) is 6.65. The molecule has 22 heavy (non-hydrogen) atoms. The van der Waals surface area contributed by atoms with E-state index >= 15 is 0 Å². The molecule has 1 saturated heterocycles. The van der Waals surface area contributed by atoms with Crippen molar-refractivity contribution in [3.05, 3.63) is 46.8 Å². The van der Waals surface area contributed by atoms with Gasteiger partial charge in [0.15, 0.2) is 0 Å². The first-order chi connectivity index (χ1) is 10.7. The van der Waals surface area contributed by atoms with E-state index in [0.29, 0.717) is 6.54 Å². The maximum atomic E-state index is 11.6. The van der Waals surface area contributed by atoms with Gasteiger partial charge in [0, 0.05) is 56.7 Å². The predicted octanol–water partition coefficient (Wildman–Crippen LogP) is 0.164. The number of nitrogens with zero attached hydrogens (tertiary/aromatic N) is 6. The van der Waals surface area contributed by atoms with Gasteiger partial charge in [-0.05, 0) is 13.0 Å². The summed E-state index contributed by atoms with van der Waals surface area (Å²) in [5, 5.41) is 4.09. The Bertz CT molecular complexity index is 677. The fourth-order valence-electron chi connectivity index (χ4n) is 2.61. The second-order valence-electron chi connectivity index (χ2n) is 5.43. The minimum atomic E-state index is -0.0439.